The van der Waals surface area contributed by atoms with Crippen LogP contribution in [0.25, 0.3) is 0 Å². The first-order valence-electron chi connectivity index (χ1n) is 5.92. The van der Waals surface area contributed by atoms with Gasteiger partial charge in [0.05, 0.1) is 5.69 Å². The number of aromatic carboxylic acids is 1. The van der Waals surface area contributed by atoms with E-state index in [9.17, 15) is 14.7 Å². The Morgan fingerprint density at radius 1 is 1.28 bits per heavy atom. The second-order valence-corrected chi connectivity index (χ2v) is 5.07. The fourth-order valence-electron chi connectivity index (χ4n) is 2.29. The van der Waals surface area contributed by atoms with E-state index >= 15 is 0 Å². The van der Waals surface area contributed by atoms with Gasteiger partial charge in [0.25, 0.3) is 0 Å². The first-order valence-corrected chi connectivity index (χ1v) is 5.92. The Bertz CT molecular complexity index is 516. The molecule has 0 saturated carbocycles. The number of hydrogen-bond acceptors (Lipinski definition) is 3. The maximum absolute atomic E-state index is 11.3. The largest absolute Gasteiger partial charge is 0.481 e. The van der Waals surface area contributed by atoms with Gasteiger partial charge in [0, 0.05) is 6.54 Å². The Morgan fingerprint density at radius 2 is 1.94 bits per heavy atom. The number of hydrogen-bond donors (Lipinski definition) is 2. The molecular formula is C12H16N2O4. The van der Waals surface area contributed by atoms with Crippen molar-refractivity contribution in [3.63, 3.8) is 0 Å². The highest BCUT2D eigenvalue weighted by atomic mass is 16.4. The molecule has 1 aliphatic heterocycles. The quantitative estimate of drug-likeness (QED) is 0.845. The van der Waals surface area contributed by atoms with E-state index in [0.29, 0.717) is 24.5 Å². The minimum absolute atomic E-state index is 0.000903. The van der Waals surface area contributed by atoms with Crippen molar-refractivity contribution in [3.05, 3.63) is 17.2 Å². The molecule has 0 radical (unpaired) electrons. The van der Waals surface area contributed by atoms with Gasteiger partial charge in [0.15, 0.2) is 5.69 Å². The van der Waals surface area contributed by atoms with E-state index in [-0.39, 0.29) is 5.69 Å². The van der Waals surface area contributed by atoms with Gasteiger partial charge >= 0.3 is 11.9 Å². The van der Waals surface area contributed by atoms with Gasteiger partial charge in [-0.05, 0) is 33.1 Å². The van der Waals surface area contributed by atoms with E-state index in [1.807, 2.05) is 0 Å². The molecule has 98 valence electrons. The van der Waals surface area contributed by atoms with Crippen LogP contribution >= 0.6 is 0 Å². The number of aliphatic carboxylic acids is 1. The number of carboxylic acids is 2. The minimum atomic E-state index is -1.18. The summed E-state index contributed by atoms with van der Waals surface area (Å²) in [5.41, 5.74) is -0.531. The van der Waals surface area contributed by atoms with Crippen LogP contribution in [0.2, 0.25) is 0 Å². The van der Waals surface area contributed by atoms with Crippen LogP contribution in [0.3, 0.4) is 0 Å². The summed E-state index contributed by atoms with van der Waals surface area (Å²) < 4.78 is 1.76. The summed E-state index contributed by atoms with van der Waals surface area (Å²) in [6, 6.07) is 0. The predicted octanol–water partition coefficient (Wildman–Crippen LogP) is 1.28. The monoisotopic (exact) mass is 252 g/mol. The van der Waals surface area contributed by atoms with Gasteiger partial charge < -0.3 is 14.8 Å². The molecule has 1 aliphatic rings. The molecular weight excluding hydrogens is 236 g/mol. The lowest BCUT2D eigenvalue weighted by Gasteiger charge is -2.23. The molecule has 2 heterocycles. The topological polar surface area (TPSA) is 92.4 Å². The Balaban J connectivity index is 2.62. The van der Waals surface area contributed by atoms with E-state index in [4.69, 9.17) is 5.11 Å². The van der Waals surface area contributed by atoms with Crippen LogP contribution in [0.5, 0.6) is 0 Å². The van der Waals surface area contributed by atoms with Crippen molar-refractivity contribution in [3.8, 4) is 0 Å². The van der Waals surface area contributed by atoms with Crippen molar-refractivity contribution in [2.45, 2.75) is 45.1 Å². The van der Waals surface area contributed by atoms with Crippen molar-refractivity contribution >= 4 is 11.9 Å². The van der Waals surface area contributed by atoms with E-state index in [1.165, 1.54) is 0 Å². The Morgan fingerprint density at radius 3 is 2.50 bits per heavy atom. The molecule has 1 aromatic rings. The highest BCUT2D eigenvalue weighted by Crippen LogP contribution is 2.29. The average molecular weight is 252 g/mol. The normalized spacial score (nSPS) is 15.2. The number of carboxylic acid groups (broad SMARTS) is 2. The standard InChI is InChI=1S/C12H16N2O4/c1-12(2,11(17)18)10-13-8(9(15)16)7-5-3-4-6-14(7)10/h3-6H2,1-2H3,(H,15,16)(H,17,18). The third kappa shape index (κ3) is 1.77. The van der Waals surface area contributed by atoms with Crippen LogP contribution in [0, 0.1) is 0 Å². The molecule has 0 amide bonds. The maximum atomic E-state index is 11.3. The second kappa shape index (κ2) is 4.12. The van der Waals surface area contributed by atoms with Crippen LogP contribution in [0.4, 0.5) is 0 Å². The van der Waals surface area contributed by atoms with Gasteiger partial charge in [-0.2, -0.15) is 0 Å². The fraction of sp³-hybridized carbons (Fsp3) is 0.583. The molecule has 0 bridgehead atoms. The van der Waals surface area contributed by atoms with Crippen molar-refractivity contribution in [1.82, 2.24) is 9.55 Å². The third-order valence-electron chi connectivity index (χ3n) is 3.41. The number of rotatable bonds is 3. The zero-order chi connectivity index (χ0) is 13.5. The van der Waals surface area contributed by atoms with Crippen molar-refractivity contribution in [1.29, 1.82) is 0 Å². The third-order valence-corrected chi connectivity index (χ3v) is 3.41. The number of carbonyl (C=O) groups is 2. The molecule has 0 fully saturated rings. The van der Waals surface area contributed by atoms with Gasteiger partial charge in [-0.1, -0.05) is 0 Å². The minimum Gasteiger partial charge on any atom is -0.481 e. The van der Waals surface area contributed by atoms with Crippen molar-refractivity contribution in [2.75, 3.05) is 0 Å². The molecule has 1 aromatic heterocycles. The zero-order valence-corrected chi connectivity index (χ0v) is 10.4. The van der Waals surface area contributed by atoms with Crippen LogP contribution in [-0.2, 0) is 23.2 Å². The molecule has 0 atom stereocenters. The molecule has 0 unspecified atom stereocenters. The lowest BCUT2D eigenvalue weighted by Crippen LogP contribution is -2.33. The van der Waals surface area contributed by atoms with Crippen LogP contribution in [0.15, 0.2) is 0 Å². The second-order valence-electron chi connectivity index (χ2n) is 5.07. The smallest absolute Gasteiger partial charge is 0.356 e. The van der Waals surface area contributed by atoms with Gasteiger partial charge in [-0.15, -0.1) is 0 Å². The van der Waals surface area contributed by atoms with Crippen molar-refractivity contribution < 1.29 is 19.8 Å². The Hall–Kier alpha value is -1.85. The molecule has 2 rings (SSSR count). The summed E-state index contributed by atoms with van der Waals surface area (Å²) in [5.74, 6) is -1.76. The molecule has 6 nitrogen and oxygen atoms in total. The molecule has 6 heteroatoms. The van der Waals surface area contributed by atoms with Crippen LogP contribution in [0.1, 0.15) is 48.7 Å². The number of imidazole rings is 1. The molecule has 0 aromatic carbocycles. The highest BCUT2D eigenvalue weighted by Gasteiger charge is 2.37. The molecule has 0 spiro atoms. The van der Waals surface area contributed by atoms with Crippen LogP contribution in [-0.4, -0.2) is 31.7 Å². The van der Waals surface area contributed by atoms with E-state index < -0.39 is 17.4 Å². The van der Waals surface area contributed by atoms with Gasteiger partial charge in [0.2, 0.25) is 0 Å². The summed E-state index contributed by atoms with van der Waals surface area (Å²) in [6.07, 6.45) is 2.48. The van der Waals surface area contributed by atoms with Gasteiger partial charge in [0.1, 0.15) is 11.2 Å². The number of fused-ring (bicyclic) bond motifs is 1. The number of nitrogens with zero attached hydrogens (tertiary/aromatic N) is 2. The van der Waals surface area contributed by atoms with Gasteiger partial charge in [-0.3, -0.25) is 4.79 Å². The SMILES string of the molecule is CC(C)(C(=O)O)c1nc(C(=O)O)c2n1CCCC2. The highest BCUT2D eigenvalue weighted by molar-refractivity contribution is 5.87. The van der Waals surface area contributed by atoms with E-state index in [1.54, 1.807) is 18.4 Å². The molecule has 0 saturated heterocycles. The van der Waals surface area contributed by atoms with E-state index in [0.717, 1.165) is 12.8 Å². The zero-order valence-electron chi connectivity index (χ0n) is 10.4. The summed E-state index contributed by atoms with van der Waals surface area (Å²) in [7, 11) is 0. The lowest BCUT2D eigenvalue weighted by atomic mass is 9.92. The Kier molecular flexibility index (Phi) is 2.88. The van der Waals surface area contributed by atoms with E-state index in [2.05, 4.69) is 4.98 Å². The van der Waals surface area contributed by atoms with Crippen LogP contribution < -0.4 is 0 Å². The molecule has 0 aliphatic carbocycles. The maximum Gasteiger partial charge on any atom is 0.356 e. The summed E-state index contributed by atoms with van der Waals surface area (Å²) in [5, 5.41) is 18.4. The first kappa shape index (κ1) is 12.6. The fourth-order valence-corrected chi connectivity index (χ4v) is 2.29. The lowest BCUT2D eigenvalue weighted by molar-refractivity contribution is -0.142. The Labute approximate surface area is 104 Å². The summed E-state index contributed by atoms with van der Waals surface area (Å²) >= 11 is 0. The summed E-state index contributed by atoms with van der Waals surface area (Å²) in [4.78, 5) is 26.5. The molecule has 2 N–H and O–H groups in total. The molecule has 18 heavy (non-hydrogen) atoms. The first-order chi connectivity index (χ1) is 8.35. The average Bonchev–Trinajstić information content (AvgIpc) is 2.68. The van der Waals surface area contributed by atoms with Gasteiger partial charge in [-0.25, -0.2) is 9.78 Å². The number of aromatic nitrogens is 2. The summed E-state index contributed by atoms with van der Waals surface area (Å²) in [6.45, 7) is 3.73. The van der Waals surface area contributed by atoms with Crippen molar-refractivity contribution in [2.24, 2.45) is 0 Å². The predicted molar refractivity (Wildman–Crippen MR) is 62.8 cm³/mol.